The van der Waals surface area contributed by atoms with Gasteiger partial charge in [0.15, 0.2) is 5.11 Å². The Morgan fingerprint density at radius 1 is 1.46 bits per heavy atom. The van der Waals surface area contributed by atoms with Gasteiger partial charge in [0.05, 0.1) is 23.1 Å². The topological polar surface area (TPSA) is 114 Å². The van der Waals surface area contributed by atoms with E-state index >= 15 is 0 Å². The Bertz CT molecular complexity index is 745. The molecule has 1 saturated heterocycles. The highest BCUT2D eigenvalue weighted by Gasteiger charge is 2.67. The van der Waals surface area contributed by atoms with Crippen molar-refractivity contribution >= 4 is 29.0 Å². The zero-order valence-corrected chi connectivity index (χ0v) is 14.1. The Morgan fingerprint density at radius 3 is 2.62 bits per heavy atom. The van der Waals surface area contributed by atoms with Gasteiger partial charge in [0.25, 0.3) is 11.4 Å². The zero-order chi connectivity index (χ0) is 19.7. The first-order valence-corrected chi connectivity index (χ1v) is 7.71. The summed E-state index contributed by atoms with van der Waals surface area (Å²) < 4.78 is 45.3. The summed E-state index contributed by atoms with van der Waals surface area (Å²) in [5, 5.41) is 24.9. The molecule has 3 atom stereocenters. The van der Waals surface area contributed by atoms with Crippen LogP contribution in [-0.4, -0.2) is 39.6 Å². The molecule has 26 heavy (non-hydrogen) atoms. The Hall–Kier alpha value is -2.47. The van der Waals surface area contributed by atoms with Gasteiger partial charge in [-0.3, -0.25) is 14.9 Å². The van der Waals surface area contributed by atoms with Crippen LogP contribution in [0.4, 0.5) is 18.9 Å². The summed E-state index contributed by atoms with van der Waals surface area (Å²) in [5.41, 5.74) is -4.55. The molecule has 0 spiro atoms. The predicted octanol–water partition coefficient (Wildman–Crippen LogP) is 1.54. The molecule has 2 rings (SSSR count). The summed E-state index contributed by atoms with van der Waals surface area (Å²) in [6.45, 7) is 1.12. The normalized spacial score (nSPS) is 25.8. The van der Waals surface area contributed by atoms with Crippen molar-refractivity contribution in [2.45, 2.75) is 24.9 Å². The average molecular weight is 393 g/mol. The molecule has 0 saturated carbocycles. The molecule has 0 amide bonds. The van der Waals surface area contributed by atoms with Gasteiger partial charge in [0.2, 0.25) is 0 Å². The second-order valence-corrected chi connectivity index (χ2v) is 5.79. The smallest absolute Gasteiger partial charge is 0.437 e. The molecule has 0 aromatic heterocycles. The number of hydrogen-bond acceptors (Lipinski definition) is 6. The van der Waals surface area contributed by atoms with Crippen LogP contribution in [-0.2, 0) is 9.53 Å². The van der Waals surface area contributed by atoms with E-state index in [9.17, 15) is 33.2 Å². The van der Waals surface area contributed by atoms with Gasteiger partial charge in [0, 0.05) is 6.07 Å². The van der Waals surface area contributed by atoms with Crippen LogP contribution in [0.1, 0.15) is 18.5 Å². The van der Waals surface area contributed by atoms with Crippen LogP contribution in [0, 0.1) is 16.0 Å². The van der Waals surface area contributed by atoms with Crippen LogP contribution in [0.15, 0.2) is 24.3 Å². The number of nitro benzene ring substituents is 1. The summed E-state index contributed by atoms with van der Waals surface area (Å²) >= 11 is 4.71. The number of alkyl halides is 3. The maximum absolute atomic E-state index is 13.6. The van der Waals surface area contributed by atoms with Crippen molar-refractivity contribution < 1.29 is 32.7 Å². The van der Waals surface area contributed by atoms with Crippen LogP contribution in [0.3, 0.4) is 0 Å². The lowest BCUT2D eigenvalue weighted by Crippen LogP contribution is -2.73. The number of nitrogens with zero attached hydrogens (tertiary/aromatic N) is 1. The summed E-state index contributed by atoms with van der Waals surface area (Å²) in [6.07, 6.45) is -5.32. The largest absolute Gasteiger partial charge is 0.466 e. The van der Waals surface area contributed by atoms with Crippen molar-refractivity contribution in [2.24, 2.45) is 5.92 Å². The fraction of sp³-hybridized carbons (Fsp3) is 0.429. The fourth-order valence-corrected chi connectivity index (χ4v) is 3.00. The lowest BCUT2D eigenvalue weighted by atomic mass is 9.81. The van der Waals surface area contributed by atoms with E-state index in [0.717, 1.165) is 6.07 Å². The molecule has 1 heterocycles. The molecule has 0 aliphatic carbocycles. The predicted molar refractivity (Wildman–Crippen MR) is 85.8 cm³/mol. The van der Waals surface area contributed by atoms with Crippen molar-refractivity contribution in [3.63, 3.8) is 0 Å². The molecule has 1 fully saturated rings. The van der Waals surface area contributed by atoms with Gasteiger partial charge in [0.1, 0.15) is 5.92 Å². The highest BCUT2D eigenvalue weighted by Crippen LogP contribution is 2.44. The van der Waals surface area contributed by atoms with E-state index in [2.05, 4.69) is 10.1 Å². The Balaban J connectivity index is 2.67. The molecule has 0 radical (unpaired) electrons. The number of aliphatic hydroxyl groups is 1. The van der Waals surface area contributed by atoms with Gasteiger partial charge < -0.3 is 20.5 Å². The Kier molecular flexibility index (Phi) is 5.37. The fourth-order valence-electron chi connectivity index (χ4n) is 2.71. The van der Waals surface area contributed by atoms with Crippen LogP contribution >= 0.6 is 12.2 Å². The SMILES string of the molecule is CCOC(=O)[C@@H]1[C@H](c2ccccc2[N+](=O)[O-])NC(=S)N[C@@]1(O)C(F)(F)F. The molecule has 142 valence electrons. The van der Waals surface area contributed by atoms with Crippen molar-refractivity contribution in [3.8, 4) is 0 Å². The number of halogens is 3. The number of benzene rings is 1. The number of para-hydroxylation sites is 1. The van der Waals surface area contributed by atoms with Crippen molar-refractivity contribution in [1.82, 2.24) is 10.6 Å². The highest BCUT2D eigenvalue weighted by molar-refractivity contribution is 7.80. The first kappa shape index (κ1) is 19.8. The molecule has 1 aromatic carbocycles. The number of ether oxygens (including phenoxy) is 1. The maximum atomic E-state index is 13.6. The Labute approximate surface area is 150 Å². The number of thiocarbonyl (C=S) groups is 1. The first-order valence-electron chi connectivity index (χ1n) is 7.30. The second-order valence-electron chi connectivity index (χ2n) is 5.39. The number of nitrogens with one attached hydrogen (secondary N) is 2. The molecule has 1 aliphatic rings. The number of rotatable bonds is 4. The monoisotopic (exact) mass is 393 g/mol. The number of esters is 1. The van der Waals surface area contributed by atoms with Crippen LogP contribution in [0.25, 0.3) is 0 Å². The third-order valence-corrected chi connectivity index (χ3v) is 4.04. The van der Waals surface area contributed by atoms with Gasteiger partial charge in [-0.1, -0.05) is 18.2 Å². The van der Waals surface area contributed by atoms with E-state index in [1.165, 1.54) is 25.1 Å². The van der Waals surface area contributed by atoms with Crippen molar-refractivity contribution in [2.75, 3.05) is 6.61 Å². The summed E-state index contributed by atoms with van der Waals surface area (Å²) in [4.78, 5) is 22.7. The maximum Gasteiger partial charge on any atom is 0.437 e. The molecule has 1 aromatic rings. The van der Waals surface area contributed by atoms with E-state index in [0.29, 0.717) is 0 Å². The minimum absolute atomic E-state index is 0.248. The third kappa shape index (κ3) is 3.42. The van der Waals surface area contributed by atoms with Crippen molar-refractivity contribution in [3.05, 3.63) is 39.9 Å². The van der Waals surface area contributed by atoms with Crippen LogP contribution in [0.2, 0.25) is 0 Å². The average Bonchev–Trinajstić information content (AvgIpc) is 2.53. The lowest BCUT2D eigenvalue weighted by molar-refractivity contribution is -0.386. The summed E-state index contributed by atoms with van der Waals surface area (Å²) in [5.74, 6) is -3.67. The molecule has 0 bridgehead atoms. The third-order valence-electron chi connectivity index (χ3n) is 3.82. The minimum atomic E-state index is -5.32. The van der Waals surface area contributed by atoms with E-state index in [4.69, 9.17) is 12.2 Å². The van der Waals surface area contributed by atoms with E-state index < -0.39 is 45.6 Å². The number of nitro groups is 1. The lowest BCUT2D eigenvalue weighted by Gasteiger charge is -2.45. The van der Waals surface area contributed by atoms with Crippen LogP contribution < -0.4 is 10.6 Å². The van der Waals surface area contributed by atoms with Gasteiger partial charge in [-0.25, -0.2) is 0 Å². The van der Waals surface area contributed by atoms with Gasteiger partial charge in [-0.05, 0) is 19.1 Å². The molecule has 1 aliphatic heterocycles. The summed E-state index contributed by atoms with van der Waals surface area (Å²) in [7, 11) is 0. The van der Waals surface area contributed by atoms with Gasteiger partial charge in [-0.15, -0.1) is 0 Å². The number of hydrogen-bond donors (Lipinski definition) is 3. The molecular formula is C14H14F3N3O5S. The van der Waals surface area contributed by atoms with E-state index in [-0.39, 0.29) is 12.2 Å². The van der Waals surface area contributed by atoms with Gasteiger partial charge >= 0.3 is 12.1 Å². The zero-order valence-electron chi connectivity index (χ0n) is 13.2. The summed E-state index contributed by atoms with van der Waals surface area (Å²) in [6, 6.07) is 3.26. The first-order chi connectivity index (χ1) is 12.0. The molecule has 12 heteroatoms. The standard InChI is InChI=1S/C14H14F3N3O5S/c1-2-25-11(21)9-10(7-5-3-4-6-8(7)20(23)24)18-12(26)19-13(9,22)14(15,16)17/h3-6,9-10,22H,2H2,1H3,(H2,18,19,26)/t9-,10-,13-/m0/s1. The molecule has 0 unspecified atom stereocenters. The number of carbonyl (C=O) groups is 1. The van der Waals surface area contributed by atoms with Gasteiger partial charge in [-0.2, -0.15) is 13.2 Å². The second kappa shape index (κ2) is 7.03. The van der Waals surface area contributed by atoms with E-state index in [1.807, 2.05) is 0 Å². The molecule has 8 nitrogen and oxygen atoms in total. The van der Waals surface area contributed by atoms with Crippen LogP contribution in [0.5, 0.6) is 0 Å². The molecule has 3 N–H and O–H groups in total. The molecular weight excluding hydrogens is 379 g/mol. The van der Waals surface area contributed by atoms with E-state index in [1.54, 1.807) is 5.32 Å². The van der Waals surface area contributed by atoms with Crippen molar-refractivity contribution in [1.29, 1.82) is 0 Å². The minimum Gasteiger partial charge on any atom is -0.466 e. The quantitative estimate of drug-likeness (QED) is 0.306. The number of carbonyl (C=O) groups excluding carboxylic acids is 1. The highest BCUT2D eigenvalue weighted by atomic mass is 32.1. The Morgan fingerprint density at radius 2 is 2.08 bits per heavy atom.